The quantitative estimate of drug-likeness (QED) is 0.842. The van der Waals surface area contributed by atoms with Crippen LogP contribution in [0.1, 0.15) is 29.2 Å². The van der Waals surface area contributed by atoms with Gasteiger partial charge in [-0.1, -0.05) is 24.3 Å². The molecule has 1 aromatic heterocycles. The molecule has 6 heteroatoms. The average Bonchev–Trinajstić information content (AvgIpc) is 3.17. The second-order valence-electron chi connectivity index (χ2n) is 7.07. The van der Waals surface area contributed by atoms with Gasteiger partial charge in [-0.2, -0.15) is 5.10 Å². The summed E-state index contributed by atoms with van der Waals surface area (Å²) >= 11 is 3.77. The minimum Gasteiger partial charge on any atom is -0.316 e. The lowest BCUT2D eigenvalue weighted by atomic mass is 9.91. The number of rotatable bonds is 2. The van der Waals surface area contributed by atoms with E-state index in [-0.39, 0.29) is 5.92 Å². The zero-order valence-corrected chi connectivity index (χ0v) is 15.9. The third-order valence-electron chi connectivity index (χ3n) is 5.15. The molecule has 3 aliphatic rings. The molecule has 0 radical (unpaired) electrons. The molecular formula is C19H20BrN5. The second kappa shape index (κ2) is 5.47. The summed E-state index contributed by atoms with van der Waals surface area (Å²) in [5.41, 5.74) is 9.64. The Morgan fingerprint density at radius 2 is 2.24 bits per heavy atom. The van der Waals surface area contributed by atoms with E-state index in [9.17, 15) is 0 Å². The summed E-state index contributed by atoms with van der Waals surface area (Å²) in [4.78, 5) is 4.56. The number of allylic oxidation sites excluding steroid dienone is 1. The molecule has 1 unspecified atom stereocenters. The number of halogens is 1. The maximum atomic E-state index is 4.66. The molecule has 1 aromatic carbocycles. The molecule has 5 nitrogen and oxygen atoms in total. The van der Waals surface area contributed by atoms with E-state index >= 15 is 0 Å². The van der Waals surface area contributed by atoms with Gasteiger partial charge in [0.25, 0.3) is 0 Å². The molecule has 1 atom stereocenters. The predicted molar refractivity (Wildman–Crippen MR) is 105 cm³/mol. The van der Waals surface area contributed by atoms with E-state index in [1.54, 1.807) is 0 Å². The highest BCUT2D eigenvalue weighted by molar-refractivity contribution is 9.10. The Morgan fingerprint density at radius 1 is 1.36 bits per heavy atom. The zero-order valence-electron chi connectivity index (χ0n) is 14.3. The maximum Gasteiger partial charge on any atom is 0.140 e. The largest absolute Gasteiger partial charge is 0.316 e. The van der Waals surface area contributed by atoms with Crippen LogP contribution in [0.15, 0.2) is 40.0 Å². The number of benzene rings is 1. The topological polar surface area (TPSA) is 35.8 Å². The molecule has 0 spiro atoms. The summed E-state index contributed by atoms with van der Waals surface area (Å²) in [6.07, 6.45) is 7.70. The number of nitrogens with zero attached hydrogens (tertiary/aromatic N) is 4. The number of hydrogen-bond donors (Lipinski definition) is 1. The van der Waals surface area contributed by atoms with Crippen LogP contribution in [0.5, 0.6) is 0 Å². The minimum absolute atomic E-state index is 0.279. The third-order valence-corrected chi connectivity index (χ3v) is 5.78. The van der Waals surface area contributed by atoms with E-state index < -0.39 is 0 Å². The van der Waals surface area contributed by atoms with Crippen molar-refractivity contribution >= 4 is 33.5 Å². The lowest BCUT2D eigenvalue weighted by Gasteiger charge is -2.24. The third kappa shape index (κ3) is 2.14. The number of aromatic nitrogens is 1. The Balaban J connectivity index is 1.85. The standard InChI is InChI=1S/C19H20BrN5/c1-23(2)9-12-5-3-8-16-17(12)24-10-15(20)13-6-4-7-14(18(13)24)19-22-21-11-25(16)19/h3-6,8,10,14,21H,7,9,11H2,1-2H3. The fraction of sp³-hybridized carbons (Fsp3) is 0.316. The van der Waals surface area contributed by atoms with Crippen molar-refractivity contribution in [3.63, 3.8) is 0 Å². The minimum atomic E-state index is 0.279. The Kier molecular flexibility index (Phi) is 3.33. The number of amidine groups is 1. The van der Waals surface area contributed by atoms with E-state index in [2.05, 4.69) is 91.5 Å². The predicted octanol–water partition coefficient (Wildman–Crippen LogP) is 3.50. The fourth-order valence-corrected chi connectivity index (χ4v) is 4.76. The van der Waals surface area contributed by atoms with Crippen molar-refractivity contribution in [3.8, 4) is 5.69 Å². The lowest BCUT2D eigenvalue weighted by Crippen LogP contribution is -2.32. The molecule has 0 fully saturated rings. The van der Waals surface area contributed by atoms with Crippen molar-refractivity contribution in [2.75, 3.05) is 25.7 Å². The van der Waals surface area contributed by atoms with Crippen molar-refractivity contribution in [2.45, 2.75) is 18.9 Å². The molecule has 2 aliphatic heterocycles. The number of fused-ring (bicyclic) bond motifs is 5. The van der Waals surface area contributed by atoms with Crippen LogP contribution >= 0.6 is 15.9 Å². The first-order chi connectivity index (χ1) is 12.1. The Labute approximate surface area is 155 Å². The van der Waals surface area contributed by atoms with Gasteiger partial charge in [-0.25, -0.2) is 0 Å². The smallest absolute Gasteiger partial charge is 0.140 e. The Bertz CT molecular complexity index is 924. The first kappa shape index (κ1) is 15.2. The van der Waals surface area contributed by atoms with Crippen molar-refractivity contribution < 1.29 is 0 Å². The molecule has 0 saturated heterocycles. The van der Waals surface area contributed by atoms with Crippen LogP contribution in [-0.4, -0.2) is 36.1 Å². The molecule has 0 saturated carbocycles. The summed E-state index contributed by atoms with van der Waals surface area (Å²) < 4.78 is 3.54. The van der Waals surface area contributed by atoms with Gasteiger partial charge in [-0.05, 0) is 48.1 Å². The number of hydrazone groups is 1. The van der Waals surface area contributed by atoms with Gasteiger partial charge < -0.3 is 14.4 Å². The summed E-state index contributed by atoms with van der Waals surface area (Å²) in [5.74, 6) is 1.40. The molecule has 1 N–H and O–H groups in total. The summed E-state index contributed by atoms with van der Waals surface area (Å²) in [6, 6.07) is 6.60. The zero-order chi connectivity index (χ0) is 17.1. The highest BCUT2D eigenvalue weighted by Gasteiger charge is 2.38. The second-order valence-corrected chi connectivity index (χ2v) is 7.93. The number of nitrogens with one attached hydrogen (secondary N) is 1. The van der Waals surface area contributed by atoms with Crippen LogP contribution in [0, 0.1) is 0 Å². The van der Waals surface area contributed by atoms with Gasteiger partial charge >= 0.3 is 0 Å². The molecule has 2 aromatic rings. The molecule has 25 heavy (non-hydrogen) atoms. The Morgan fingerprint density at radius 3 is 3.08 bits per heavy atom. The van der Waals surface area contributed by atoms with E-state index in [0.717, 1.165) is 29.9 Å². The molecule has 1 aliphatic carbocycles. The first-order valence-electron chi connectivity index (χ1n) is 8.57. The van der Waals surface area contributed by atoms with Gasteiger partial charge in [0.05, 0.1) is 17.3 Å². The van der Waals surface area contributed by atoms with Crippen LogP contribution in [0.4, 0.5) is 5.69 Å². The average molecular weight is 398 g/mol. The number of hydrogen-bond acceptors (Lipinski definition) is 4. The molecular weight excluding hydrogens is 378 g/mol. The normalized spacial score (nSPS) is 19.9. The van der Waals surface area contributed by atoms with Crippen LogP contribution in [0.2, 0.25) is 0 Å². The van der Waals surface area contributed by atoms with Crippen molar-refractivity contribution in [2.24, 2.45) is 5.10 Å². The number of para-hydroxylation sites is 1. The monoisotopic (exact) mass is 397 g/mol. The van der Waals surface area contributed by atoms with Crippen molar-refractivity contribution in [3.05, 3.63) is 51.8 Å². The molecule has 3 heterocycles. The van der Waals surface area contributed by atoms with E-state index in [1.807, 2.05) is 0 Å². The van der Waals surface area contributed by atoms with E-state index in [1.165, 1.54) is 28.2 Å². The molecule has 5 rings (SSSR count). The maximum absolute atomic E-state index is 4.66. The van der Waals surface area contributed by atoms with Crippen LogP contribution in [0.25, 0.3) is 11.8 Å². The first-order valence-corrected chi connectivity index (χ1v) is 9.36. The molecule has 128 valence electrons. The SMILES string of the molecule is CN(C)Cc1cccc2c1-n1cc(Br)c3c1C(CC=C3)C1=NNCN12. The van der Waals surface area contributed by atoms with Gasteiger partial charge in [-0.3, -0.25) is 5.43 Å². The van der Waals surface area contributed by atoms with E-state index in [0.29, 0.717) is 0 Å². The highest BCUT2D eigenvalue weighted by Crippen LogP contribution is 2.45. The summed E-state index contributed by atoms with van der Waals surface area (Å²) in [5, 5.41) is 4.66. The lowest BCUT2D eigenvalue weighted by molar-refractivity contribution is 0.402. The fourth-order valence-electron chi connectivity index (χ4n) is 4.22. The highest BCUT2D eigenvalue weighted by atomic mass is 79.9. The molecule has 0 bridgehead atoms. The van der Waals surface area contributed by atoms with Gasteiger partial charge in [0.2, 0.25) is 0 Å². The van der Waals surface area contributed by atoms with Gasteiger partial charge in [0.1, 0.15) is 12.5 Å². The van der Waals surface area contributed by atoms with Crippen LogP contribution in [0.3, 0.4) is 0 Å². The van der Waals surface area contributed by atoms with Crippen LogP contribution in [-0.2, 0) is 6.54 Å². The summed E-state index contributed by atoms with van der Waals surface area (Å²) in [6.45, 7) is 1.64. The van der Waals surface area contributed by atoms with Gasteiger partial charge in [0, 0.05) is 28.5 Å². The van der Waals surface area contributed by atoms with E-state index in [4.69, 9.17) is 0 Å². The van der Waals surface area contributed by atoms with Crippen molar-refractivity contribution in [1.29, 1.82) is 0 Å². The Hall–Kier alpha value is -2.05. The van der Waals surface area contributed by atoms with Crippen molar-refractivity contribution in [1.82, 2.24) is 14.9 Å². The number of anilines is 1. The molecule has 0 amide bonds. The van der Waals surface area contributed by atoms with Crippen LogP contribution < -0.4 is 10.3 Å². The van der Waals surface area contributed by atoms with Gasteiger partial charge in [0.15, 0.2) is 0 Å². The summed E-state index contributed by atoms with van der Waals surface area (Å²) in [7, 11) is 4.24. The van der Waals surface area contributed by atoms with Gasteiger partial charge in [-0.15, -0.1) is 0 Å².